The highest BCUT2D eigenvalue weighted by atomic mass is 35.5. The Hall–Kier alpha value is -0.570. The minimum Gasteiger partial charge on any atom is -0.383 e. The molecule has 0 spiro atoms. The van der Waals surface area contributed by atoms with Crippen molar-refractivity contribution in [1.29, 1.82) is 0 Å². The molecule has 0 amide bonds. The fourth-order valence-corrected chi connectivity index (χ4v) is 1.59. The minimum atomic E-state index is 0.110. The summed E-state index contributed by atoms with van der Waals surface area (Å²) in [5.41, 5.74) is 1.30. The largest absolute Gasteiger partial charge is 0.383 e. The van der Waals surface area contributed by atoms with Gasteiger partial charge >= 0.3 is 0 Å². The standard InChI is InChI=1S/C12H18ClNO/c1-15-10-12(13)7-8-14-9-11-5-3-2-4-6-11/h2-6,12,14H,7-10H2,1H3. The monoisotopic (exact) mass is 227 g/mol. The van der Waals surface area contributed by atoms with Gasteiger partial charge in [0, 0.05) is 13.7 Å². The van der Waals surface area contributed by atoms with Crippen molar-refractivity contribution in [2.45, 2.75) is 18.3 Å². The number of alkyl halides is 1. The number of methoxy groups -OCH3 is 1. The molecule has 3 heteroatoms. The number of ether oxygens (including phenoxy) is 1. The van der Waals surface area contributed by atoms with Crippen LogP contribution in [-0.2, 0) is 11.3 Å². The summed E-state index contributed by atoms with van der Waals surface area (Å²) in [7, 11) is 1.67. The number of hydrogen-bond donors (Lipinski definition) is 1. The third-order valence-electron chi connectivity index (χ3n) is 2.15. The molecule has 1 N–H and O–H groups in total. The molecule has 0 aliphatic carbocycles. The first kappa shape index (κ1) is 12.5. The van der Waals surface area contributed by atoms with Gasteiger partial charge in [-0.15, -0.1) is 11.6 Å². The Morgan fingerprint density at radius 2 is 2.07 bits per heavy atom. The normalized spacial score (nSPS) is 12.7. The minimum absolute atomic E-state index is 0.110. The first-order chi connectivity index (χ1) is 7.33. The van der Waals surface area contributed by atoms with E-state index in [9.17, 15) is 0 Å². The van der Waals surface area contributed by atoms with E-state index < -0.39 is 0 Å². The lowest BCUT2D eigenvalue weighted by Gasteiger charge is -2.09. The van der Waals surface area contributed by atoms with Crippen molar-refractivity contribution < 1.29 is 4.74 Å². The summed E-state index contributed by atoms with van der Waals surface area (Å²) in [6.45, 7) is 2.44. The zero-order chi connectivity index (χ0) is 10.9. The van der Waals surface area contributed by atoms with Crippen LogP contribution in [0.15, 0.2) is 30.3 Å². The van der Waals surface area contributed by atoms with Crippen molar-refractivity contribution in [2.24, 2.45) is 0 Å². The molecule has 1 aromatic carbocycles. The SMILES string of the molecule is COCC(Cl)CCNCc1ccccc1. The number of hydrogen-bond acceptors (Lipinski definition) is 2. The van der Waals surface area contributed by atoms with Crippen LogP contribution in [0.4, 0.5) is 0 Å². The molecule has 0 saturated carbocycles. The molecule has 2 nitrogen and oxygen atoms in total. The third kappa shape index (κ3) is 5.78. The molecule has 0 heterocycles. The third-order valence-corrected chi connectivity index (χ3v) is 2.50. The van der Waals surface area contributed by atoms with Gasteiger partial charge in [-0.05, 0) is 18.5 Å². The summed E-state index contributed by atoms with van der Waals surface area (Å²) in [5, 5.41) is 3.46. The van der Waals surface area contributed by atoms with E-state index in [0.717, 1.165) is 19.5 Å². The van der Waals surface area contributed by atoms with E-state index in [1.807, 2.05) is 18.2 Å². The van der Waals surface area contributed by atoms with E-state index >= 15 is 0 Å². The van der Waals surface area contributed by atoms with Crippen molar-refractivity contribution in [3.8, 4) is 0 Å². The van der Waals surface area contributed by atoms with Gasteiger partial charge in [-0.2, -0.15) is 0 Å². The number of halogens is 1. The molecule has 0 aliphatic rings. The molecule has 0 saturated heterocycles. The van der Waals surface area contributed by atoms with Crippen LogP contribution in [0.5, 0.6) is 0 Å². The van der Waals surface area contributed by atoms with E-state index in [0.29, 0.717) is 6.61 Å². The maximum absolute atomic E-state index is 6.00. The zero-order valence-corrected chi connectivity index (χ0v) is 9.83. The molecule has 1 aromatic rings. The van der Waals surface area contributed by atoms with Crippen LogP contribution < -0.4 is 5.32 Å². The van der Waals surface area contributed by atoms with Gasteiger partial charge in [0.05, 0.1) is 12.0 Å². The second-order valence-electron chi connectivity index (χ2n) is 3.50. The summed E-state index contributed by atoms with van der Waals surface area (Å²) in [6.07, 6.45) is 0.933. The van der Waals surface area contributed by atoms with Crippen molar-refractivity contribution in [2.75, 3.05) is 20.3 Å². The highest BCUT2D eigenvalue weighted by Gasteiger charge is 2.02. The van der Waals surface area contributed by atoms with E-state index in [4.69, 9.17) is 16.3 Å². The number of nitrogens with one attached hydrogen (secondary N) is 1. The average Bonchev–Trinajstić information content (AvgIpc) is 2.26. The Kier molecular flexibility index (Phi) is 6.41. The molecule has 0 bridgehead atoms. The van der Waals surface area contributed by atoms with E-state index in [1.54, 1.807) is 7.11 Å². The van der Waals surface area contributed by atoms with Crippen LogP contribution >= 0.6 is 11.6 Å². The lowest BCUT2D eigenvalue weighted by atomic mass is 10.2. The Morgan fingerprint density at radius 1 is 1.33 bits per heavy atom. The topological polar surface area (TPSA) is 21.3 Å². The average molecular weight is 228 g/mol. The van der Waals surface area contributed by atoms with E-state index in [-0.39, 0.29) is 5.38 Å². The summed E-state index contributed by atoms with van der Waals surface area (Å²) in [5.74, 6) is 0. The Labute approximate surface area is 96.6 Å². The maximum Gasteiger partial charge on any atom is 0.0626 e. The van der Waals surface area contributed by atoms with Crippen LogP contribution in [0.1, 0.15) is 12.0 Å². The first-order valence-corrected chi connectivity index (χ1v) is 5.64. The zero-order valence-electron chi connectivity index (χ0n) is 9.08. The fraction of sp³-hybridized carbons (Fsp3) is 0.500. The molecule has 15 heavy (non-hydrogen) atoms. The predicted molar refractivity (Wildman–Crippen MR) is 64.3 cm³/mol. The van der Waals surface area contributed by atoms with Crippen molar-refractivity contribution in [1.82, 2.24) is 5.32 Å². The molecular weight excluding hydrogens is 210 g/mol. The molecule has 1 unspecified atom stereocenters. The Balaban J connectivity index is 2.07. The second kappa shape index (κ2) is 7.69. The van der Waals surface area contributed by atoms with Crippen LogP contribution in [0, 0.1) is 0 Å². The van der Waals surface area contributed by atoms with E-state index in [2.05, 4.69) is 17.4 Å². The van der Waals surface area contributed by atoms with Gasteiger partial charge in [0.15, 0.2) is 0 Å². The molecule has 0 radical (unpaired) electrons. The van der Waals surface area contributed by atoms with E-state index in [1.165, 1.54) is 5.56 Å². The van der Waals surface area contributed by atoms with Gasteiger partial charge in [0.25, 0.3) is 0 Å². The van der Waals surface area contributed by atoms with Gasteiger partial charge in [-0.25, -0.2) is 0 Å². The molecule has 0 aliphatic heterocycles. The summed E-state index contributed by atoms with van der Waals surface area (Å²) in [6, 6.07) is 10.3. The summed E-state index contributed by atoms with van der Waals surface area (Å²) >= 11 is 6.00. The van der Waals surface area contributed by atoms with Gasteiger partial charge in [-0.3, -0.25) is 0 Å². The van der Waals surface area contributed by atoms with Crippen molar-refractivity contribution >= 4 is 11.6 Å². The quantitative estimate of drug-likeness (QED) is 0.571. The van der Waals surface area contributed by atoms with Gasteiger partial charge < -0.3 is 10.1 Å². The number of benzene rings is 1. The predicted octanol–water partition coefficient (Wildman–Crippen LogP) is 2.42. The lowest BCUT2D eigenvalue weighted by molar-refractivity contribution is 0.195. The molecule has 84 valence electrons. The van der Waals surface area contributed by atoms with Crippen LogP contribution in [0.3, 0.4) is 0 Å². The Bertz CT molecular complexity index is 253. The highest BCUT2D eigenvalue weighted by Crippen LogP contribution is 2.02. The summed E-state index contributed by atoms with van der Waals surface area (Å²) < 4.78 is 4.96. The lowest BCUT2D eigenvalue weighted by Crippen LogP contribution is -2.20. The Morgan fingerprint density at radius 3 is 2.73 bits per heavy atom. The van der Waals surface area contributed by atoms with Crippen LogP contribution in [0.25, 0.3) is 0 Å². The molecule has 1 rings (SSSR count). The molecular formula is C12H18ClNO. The molecule has 1 atom stereocenters. The second-order valence-corrected chi connectivity index (χ2v) is 4.12. The van der Waals surface area contributed by atoms with Gasteiger partial charge in [-0.1, -0.05) is 30.3 Å². The molecule has 0 aromatic heterocycles. The van der Waals surface area contributed by atoms with Crippen LogP contribution in [-0.4, -0.2) is 25.6 Å². The maximum atomic E-state index is 6.00. The smallest absolute Gasteiger partial charge is 0.0626 e. The van der Waals surface area contributed by atoms with Crippen LogP contribution in [0.2, 0.25) is 0 Å². The summed E-state index contributed by atoms with van der Waals surface area (Å²) in [4.78, 5) is 0. The number of rotatable bonds is 7. The van der Waals surface area contributed by atoms with Crippen molar-refractivity contribution in [3.05, 3.63) is 35.9 Å². The van der Waals surface area contributed by atoms with Gasteiger partial charge in [0.2, 0.25) is 0 Å². The molecule has 0 fully saturated rings. The highest BCUT2D eigenvalue weighted by molar-refractivity contribution is 6.20. The fourth-order valence-electron chi connectivity index (χ4n) is 1.35. The van der Waals surface area contributed by atoms with Gasteiger partial charge in [0.1, 0.15) is 0 Å². The first-order valence-electron chi connectivity index (χ1n) is 5.20. The van der Waals surface area contributed by atoms with Crippen molar-refractivity contribution in [3.63, 3.8) is 0 Å².